The molecule has 0 heterocycles. The van der Waals surface area contributed by atoms with Crippen LogP contribution in [0.25, 0.3) is 0 Å². The van der Waals surface area contributed by atoms with E-state index in [-0.39, 0.29) is 0 Å². The van der Waals surface area contributed by atoms with Crippen LogP contribution in [-0.4, -0.2) is 7.25 Å². The molecule has 33 heavy (non-hydrogen) atoms. The van der Waals surface area contributed by atoms with Gasteiger partial charge in [0, 0.05) is 5.56 Å². The third-order valence-corrected chi connectivity index (χ3v) is 12.9. The number of aliphatic hydroxyl groups is 1. The fourth-order valence-electron chi connectivity index (χ4n) is 4.21. The molecule has 0 aliphatic rings. The molecule has 1 nitrogen and oxygen atoms in total. The van der Waals surface area contributed by atoms with Gasteiger partial charge in [-0.2, -0.15) is 0 Å². The number of hydrogen-bond donors (Lipinski definition) is 1. The summed E-state index contributed by atoms with van der Waals surface area (Å²) in [5, 5.41) is 12.7. The number of alkyl halides is 5. The number of halogens is 5. The lowest BCUT2D eigenvalue weighted by Gasteiger charge is -2.39. The van der Waals surface area contributed by atoms with Crippen molar-refractivity contribution in [3.8, 4) is 0 Å². The molecule has 1 N–H and O–H groups in total. The van der Waals surface area contributed by atoms with E-state index in [4.69, 9.17) is 0 Å². The molecule has 3 aromatic carbocycles. The molecule has 0 aromatic heterocycles. The van der Waals surface area contributed by atoms with Crippen LogP contribution in [0.4, 0.5) is 0 Å². The molecule has 0 unspecified atom stereocenters. The van der Waals surface area contributed by atoms with Crippen LogP contribution < -0.4 is 0 Å². The Morgan fingerprint density at radius 3 is 1.70 bits per heavy atom. The van der Waals surface area contributed by atoms with Gasteiger partial charge in [-0.1, -0.05) is 185 Å². The Kier molecular flexibility index (Phi) is 9.90. The second kappa shape index (κ2) is 11.8. The summed E-state index contributed by atoms with van der Waals surface area (Å²) in [6.07, 6.45) is 5.54. The molecular weight excluding hydrogens is 740 g/mol. The molecule has 0 atom stereocenters. The maximum Gasteiger partial charge on any atom is 0.163 e. The van der Waals surface area contributed by atoms with Gasteiger partial charge in [-0.15, -0.1) is 0 Å². The van der Waals surface area contributed by atoms with Gasteiger partial charge >= 0.3 is 0 Å². The Bertz CT molecular complexity index is 990. The first kappa shape index (κ1) is 27.6. The van der Waals surface area contributed by atoms with E-state index in [2.05, 4.69) is 105 Å². The largest absolute Gasteiger partial charge is 0.376 e. The van der Waals surface area contributed by atoms with Crippen molar-refractivity contribution in [1.29, 1.82) is 0 Å². The average Bonchev–Trinajstić information content (AvgIpc) is 2.81. The number of rotatable bonds is 9. The lowest BCUT2D eigenvalue weighted by atomic mass is 9.75. The molecule has 0 fully saturated rings. The van der Waals surface area contributed by atoms with Crippen LogP contribution in [-0.2, 0) is 15.3 Å². The number of aryl methyl sites for hydroxylation is 1. The van der Waals surface area contributed by atoms with Crippen molar-refractivity contribution in [2.75, 3.05) is 0 Å². The van der Waals surface area contributed by atoms with Gasteiger partial charge in [0.25, 0.3) is 0 Å². The van der Waals surface area contributed by atoms with Crippen LogP contribution in [0.2, 0.25) is 0 Å². The van der Waals surface area contributed by atoms with Crippen LogP contribution in [0.1, 0.15) is 60.4 Å². The molecule has 0 amide bonds. The molecule has 3 aromatic rings. The van der Waals surface area contributed by atoms with Crippen molar-refractivity contribution in [3.05, 3.63) is 107 Å². The fourth-order valence-corrected chi connectivity index (χ4v) is 5.51. The van der Waals surface area contributed by atoms with Gasteiger partial charge in [-0.3, -0.25) is 0 Å². The predicted molar refractivity (Wildman–Crippen MR) is 158 cm³/mol. The van der Waals surface area contributed by atoms with E-state index in [0.717, 1.165) is 40.7 Å². The topological polar surface area (TPSA) is 20.2 Å². The van der Waals surface area contributed by atoms with E-state index in [9.17, 15) is 5.11 Å². The summed E-state index contributed by atoms with van der Waals surface area (Å²) in [4.78, 5) is 0. The summed E-state index contributed by atoms with van der Waals surface area (Å²) in [7, 11) is 0. The van der Waals surface area contributed by atoms with Gasteiger partial charge in [0.05, 0.1) is 0 Å². The van der Waals surface area contributed by atoms with Crippen molar-refractivity contribution in [2.45, 2.75) is 50.0 Å². The Labute approximate surface area is 239 Å². The molecule has 0 saturated heterocycles. The molecule has 176 valence electrons. The zero-order chi connectivity index (χ0) is 24.1. The fraction of sp³-hybridized carbons (Fsp3) is 0.333. The first-order chi connectivity index (χ1) is 15.6. The van der Waals surface area contributed by atoms with Crippen molar-refractivity contribution in [2.24, 2.45) is 0 Å². The maximum absolute atomic E-state index is 12.7. The Balaban J connectivity index is 2.34. The van der Waals surface area contributed by atoms with Crippen LogP contribution in [0, 0.1) is 0 Å². The summed E-state index contributed by atoms with van der Waals surface area (Å²) in [5.74, 6) is 0. The normalized spacial score (nSPS) is 12.7. The minimum absolute atomic E-state index is 0.704. The number of unbranched alkanes of at least 4 members (excludes halogenated alkanes) is 3. The highest BCUT2D eigenvalue weighted by atomic mass is 80.0. The average molecular weight is 767 g/mol. The monoisotopic (exact) mass is 762 g/mol. The molecule has 0 radical (unpaired) electrons. The van der Waals surface area contributed by atoms with Crippen LogP contribution >= 0.6 is 79.6 Å². The van der Waals surface area contributed by atoms with Crippen molar-refractivity contribution < 1.29 is 5.11 Å². The van der Waals surface area contributed by atoms with Gasteiger partial charge in [0.2, 0.25) is 0 Å². The lowest BCUT2D eigenvalue weighted by molar-refractivity contribution is 0.123. The van der Waals surface area contributed by atoms with Gasteiger partial charge in [0.15, 0.2) is 2.14 Å². The van der Waals surface area contributed by atoms with Gasteiger partial charge < -0.3 is 5.11 Å². The van der Waals surface area contributed by atoms with E-state index in [1.54, 1.807) is 0 Å². The van der Waals surface area contributed by atoms with E-state index in [0.29, 0.717) is 0 Å². The van der Waals surface area contributed by atoms with Crippen LogP contribution in [0.15, 0.2) is 78.9 Å². The quantitative estimate of drug-likeness (QED) is 0.131. The van der Waals surface area contributed by atoms with E-state index >= 15 is 0 Å². The zero-order valence-electron chi connectivity index (χ0n) is 18.4. The molecule has 3 rings (SSSR count). The highest BCUT2D eigenvalue weighted by molar-refractivity contribution is 9.41. The minimum atomic E-state index is -1.34. The standard InChI is InChI=1S/C27H27Br5O/c1-2-3-4-7-13-20-14-12-19-23(26(28,29)27(30,31)32)24(20)25(33,21-15-8-5-9-16-21)22-17-10-6-11-18-22/h5-6,8-12,14-19,33H,2-4,7,13H2,1H3. The third-order valence-electron chi connectivity index (χ3n) is 5.89. The second-order valence-electron chi connectivity index (χ2n) is 8.16. The number of benzene rings is 3. The molecule has 0 aliphatic carbocycles. The molecule has 0 bridgehead atoms. The van der Waals surface area contributed by atoms with E-state index in [1.165, 1.54) is 19.3 Å². The van der Waals surface area contributed by atoms with Crippen molar-refractivity contribution >= 4 is 79.6 Å². The van der Waals surface area contributed by atoms with Crippen molar-refractivity contribution in [1.82, 2.24) is 0 Å². The lowest BCUT2D eigenvalue weighted by Crippen LogP contribution is -2.36. The number of hydrogen-bond acceptors (Lipinski definition) is 1. The molecule has 6 heteroatoms. The molecule has 0 spiro atoms. The first-order valence-corrected chi connectivity index (χ1v) is 15.0. The first-order valence-electron chi connectivity index (χ1n) is 11.0. The Hall–Kier alpha value is 0.0200. The summed E-state index contributed by atoms with van der Waals surface area (Å²) in [6.45, 7) is 2.22. The third kappa shape index (κ3) is 6.06. The Morgan fingerprint density at radius 2 is 1.21 bits per heavy atom. The molecule has 0 aliphatic heterocycles. The predicted octanol–water partition coefficient (Wildman–Crippen LogP) is 9.87. The second-order valence-corrected chi connectivity index (χ2v) is 18.4. The van der Waals surface area contributed by atoms with Crippen LogP contribution in [0.5, 0.6) is 0 Å². The van der Waals surface area contributed by atoms with E-state index < -0.39 is 11.0 Å². The smallest absolute Gasteiger partial charge is 0.163 e. The summed E-state index contributed by atoms with van der Waals surface area (Å²) in [5.41, 5.74) is 3.27. The summed E-state index contributed by atoms with van der Waals surface area (Å²) < 4.78 is -1.47. The SMILES string of the molecule is CCCCCCc1cccc(C(Br)(Br)C(Br)(Br)Br)c1C(O)(c1ccccc1)c1ccccc1. The van der Waals surface area contributed by atoms with Crippen molar-refractivity contribution in [3.63, 3.8) is 0 Å². The molecular formula is C27H27Br5O. The highest BCUT2D eigenvalue weighted by Crippen LogP contribution is 2.61. The van der Waals surface area contributed by atoms with E-state index in [1.807, 2.05) is 60.7 Å². The maximum atomic E-state index is 12.7. The zero-order valence-corrected chi connectivity index (χ0v) is 26.3. The minimum Gasteiger partial charge on any atom is -0.376 e. The van der Waals surface area contributed by atoms with Gasteiger partial charge in [-0.25, -0.2) is 0 Å². The Morgan fingerprint density at radius 1 is 0.667 bits per heavy atom. The van der Waals surface area contributed by atoms with Gasteiger partial charge in [-0.05, 0) is 35.1 Å². The summed E-state index contributed by atoms with van der Waals surface area (Å²) >= 11 is 18.9. The highest BCUT2D eigenvalue weighted by Gasteiger charge is 2.49. The molecule has 0 saturated carbocycles. The summed E-state index contributed by atoms with van der Waals surface area (Å²) in [6, 6.07) is 26.1. The van der Waals surface area contributed by atoms with Crippen LogP contribution in [0.3, 0.4) is 0 Å². The van der Waals surface area contributed by atoms with Gasteiger partial charge in [0.1, 0.15) is 8.83 Å².